The van der Waals surface area contributed by atoms with Gasteiger partial charge in [0.2, 0.25) is 11.8 Å². The van der Waals surface area contributed by atoms with Gasteiger partial charge in [-0.15, -0.1) is 0 Å². The lowest BCUT2D eigenvalue weighted by molar-refractivity contribution is -0.128. The normalized spacial score (nSPS) is 12.5. The molecular weight excluding hydrogens is 508 g/mol. The Morgan fingerprint density at radius 2 is 1.56 bits per heavy atom. The van der Waals surface area contributed by atoms with E-state index in [4.69, 9.17) is 15.2 Å². The van der Waals surface area contributed by atoms with Gasteiger partial charge < -0.3 is 41.8 Å². The Balaban J connectivity index is 2.92. The van der Waals surface area contributed by atoms with Gasteiger partial charge in [-0.25, -0.2) is 14.4 Å². The molecular formula is C26H42N6O7. The molecule has 0 bridgehead atoms. The quantitative estimate of drug-likeness (QED) is 0.203. The van der Waals surface area contributed by atoms with E-state index in [0.29, 0.717) is 25.1 Å². The van der Waals surface area contributed by atoms with Crippen LogP contribution in [0.5, 0.6) is 0 Å². The largest absolute Gasteiger partial charge is 0.445 e. The van der Waals surface area contributed by atoms with E-state index in [9.17, 15) is 24.0 Å². The van der Waals surface area contributed by atoms with Crippen LogP contribution >= 0.6 is 0 Å². The number of nitrogens with two attached hydrogens (primary N) is 1. The van der Waals surface area contributed by atoms with Crippen LogP contribution in [0.25, 0.3) is 0 Å². The van der Waals surface area contributed by atoms with E-state index in [1.807, 2.05) is 0 Å². The first-order valence-electron chi connectivity index (χ1n) is 12.8. The summed E-state index contributed by atoms with van der Waals surface area (Å²) in [6.07, 6.45) is 0.00758. The second kappa shape index (κ2) is 16.0. The molecule has 0 saturated heterocycles. The average molecular weight is 551 g/mol. The number of hydrogen-bond donors (Lipinski definition) is 6. The third-order valence-electron chi connectivity index (χ3n) is 5.27. The van der Waals surface area contributed by atoms with Crippen molar-refractivity contribution in [1.29, 1.82) is 0 Å². The summed E-state index contributed by atoms with van der Waals surface area (Å²) in [5.41, 5.74) is 5.54. The number of alkyl carbamates (subject to hydrolysis) is 2. The molecule has 0 aromatic heterocycles. The highest BCUT2D eigenvalue weighted by molar-refractivity contribution is 5.98. The molecule has 0 fully saturated rings. The zero-order chi connectivity index (χ0) is 29.6. The van der Waals surface area contributed by atoms with Crippen molar-refractivity contribution in [3.63, 3.8) is 0 Å². The van der Waals surface area contributed by atoms with Gasteiger partial charge in [0.1, 0.15) is 24.3 Å². The molecule has 39 heavy (non-hydrogen) atoms. The van der Waals surface area contributed by atoms with Crippen molar-refractivity contribution in [1.82, 2.24) is 21.3 Å². The summed E-state index contributed by atoms with van der Waals surface area (Å²) in [6.45, 7) is 9.06. The first-order valence-corrected chi connectivity index (χ1v) is 12.8. The molecule has 0 aliphatic carbocycles. The summed E-state index contributed by atoms with van der Waals surface area (Å²) in [5, 5.41) is 12.9. The molecule has 0 aliphatic rings. The first-order chi connectivity index (χ1) is 18.2. The van der Waals surface area contributed by atoms with E-state index < -0.39 is 47.7 Å². The van der Waals surface area contributed by atoms with Crippen LogP contribution in [-0.4, -0.2) is 61.3 Å². The van der Waals surface area contributed by atoms with Gasteiger partial charge in [-0.05, 0) is 63.6 Å². The summed E-state index contributed by atoms with van der Waals surface area (Å²) in [6, 6.07) is 4.18. The first kappa shape index (κ1) is 33.0. The molecule has 0 saturated carbocycles. The van der Waals surface area contributed by atoms with Crippen LogP contribution in [0.15, 0.2) is 24.3 Å². The number of anilines is 1. The van der Waals surface area contributed by atoms with Crippen LogP contribution in [-0.2, 0) is 25.7 Å². The van der Waals surface area contributed by atoms with Crippen LogP contribution in [0.1, 0.15) is 59.4 Å². The fourth-order valence-electron chi connectivity index (χ4n) is 3.32. The van der Waals surface area contributed by atoms with Gasteiger partial charge in [0, 0.05) is 19.3 Å². The van der Waals surface area contributed by atoms with Crippen LogP contribution in [0.2, 0.25) is 0 Å². The summed E-state index contributed by atoms with van der Waals surface area (Å²) < 4.78 is 10.3. The van der Waals surface area contributed by atoms with Crippen LogP contribution < -0.4 is 32.3 Å². The fraction of sp³-hybridized carbons (Fsp3) is 0.577. The van der Waals surface area contributed by atoms with Crippen LogP contribution in [0.3, 0.4) is 0 Å². The Kier molecular flexibility index (Phi) is 13.6. The average Bonchev–Trinajstić information content (AvgIpc) is 2.84. The molecule has 0 unspecified atom stereocenters. The summed E-state index contributed by atoms with van der Waals surface area (Å²) in [5.74, 6) is -1.28. The van der Waals surface area contributed by atoms with Gasteiger partial charge >= 0.3 is 18.2 Å². The summed E-state index contributed by atoms with van der Waals surface area (Å²) in [7, 11) is 1.46. The van der Waals surface area contributed by atoms with Crippen molar-refractivity contribution >= 4 is 35.7 Å². The minimum atomic E-state index is -0.939. The van der Waals surface area contributed by atoms with Crippen molar-refractivity contribution in [2.45, 2.75) is 78.2 Å². The number of nitrogens with one attached hydrogen (secondary N) is 5. The van der Waals surface area contributed by atoms with E-state index in [1.165, 1.54) is 7.05 Å². The standard InChI is InChI=1S/C26H42N6O7/c1-16(2)20(32-25(37)39-26(3,4)5)22(34)31-19(9-7-8-14-29-23(27)35)21(33)30-18-12-10-17(11-13-18)15-38-24(36)28-6/h10-13,16,19-20H,7-9,14-15H2,1-6H3,(H,28,36)(H,30,33)(H,31,34)(H,32,37)(H3,27,29,35)/t19-,20-/m0/s1. The minimum absolute atomic E-state index is 0.0627. The van der Waals surface area contributed by atoms with Gasteiger partial charge in [0.15, 0.2) is 0 Å². The molecule has 0 heterocycles. The predicted molar refractivity (Wildman–Crippen MR) is 146 cm³/mol. The van der Waals surface area contributed by atoms with Gasteiger partial charge in [0.05, 0.1) is 0 Å². The predicted octanol–water partition coefficient (Wildman–Crippen LogP) is 2.35. The number of ether oxygens (including phenoxy) is 2. The lowest BCUT2D eigenvalue weighted by Gasteiger charge is -2.27. The molecule has 13 heteroatoms. The van der Waals surface area contributed by atoms with E-state index in [1.54, 1.807) is 58.9 Å². The van der Waals surface area contributed by atoms with Crippen molar-refractivity contribution in [3.05, 3.63) is 29.8 Å². The number of primary amides is 1. The Morgan fingerprint density at radius 1 is 0.923 bits per heavy atom. The maximum Gasteiger partial charge on any atom is 0.408 e. The summed E-state index contributed by atoms with van der Waals surface area (Å²) >= 11 is 0. The number of hydrogen-bond acceptors (Lipinski definition) is 7. The molecule has 0 aliphatic heterocycles. The molecule has 218 valence electrons. The fourth-order valence-corrected chi connectivity index (χ4v) is 3.32. The summed E-state index contributed by atoms with van der Waals surface area (Å²) in [4.78, 5) is 60.7. The molecule has 1 aromatic carbocycles. The Hall–Kier alpha value is -4.03. The number of carbonyl (C=O) groups is 5. The smallest absolute Gasteiger partial charge is 0.408 e. The molecule has 7 N–H and O–H groups in total. The Bertz CT molecular complexity index is 976. The van der Waals surface area contributed by atoms with E-state index >= 15 is 0 Å². The van der Waals surface area contributed by atoms with Crippen molar-refractivity contribution in [2.24, 2.45) is 11.7 Å². The number of benzene rings is 1. The van der Waals surface area contributed by atoms with Gasteiger partial charge in [-0.2, -0.15) is 0 Å². The topological polar surface area (TPSA) is 190 Å². The zero-order valence-corrected chi connectivity index (χ0v) is 23.5. The highest BCUT2D eigenvalue weighted by Crippen LogP contribution is 2.14. The minimum Gasteiger partial charge on any atom is -0.445 e. The third kappa shape index (κ3) is 13.9. The third-order valence-corrected chi connectivity index (χ3v) is 5.27. The molecule has 13 nitrogen and oxygen atoms in total. The molecule has 6 amide bonds. The van der Waals surface area contributed by atoms with Gasteiger partial charge in [-0.3, -0.25) is 9.59 Å². The van der Waals surface area contributed by atoms with Crippen LogP contribution in [0, 0.1) is 5.92 Å². The van der Waals surface area contributed by atoms with Gasteiger partial charge in [-0.1, -0.05) is 26.0 Å². The number of unbranched alkanes of at least 4 members (excludes halogenated alkanes) is 1. The number of amides is 6. The van der Waals surface area contributed by atoms with Crippen molar-refractivity contribution in [3.8, 4) is 0 Å². The van der Waals surface area contributed by atoms with E-state index in [0.717, 1.165) is 5.56 Å². The SMILES string of the molecule is CNC(=O)OCc1ccc(NC(=O)[C@H](CCCCNC(N)=O)NC(=O)[C@@H](NC(=O)OC(C)(C)C)C(C)C)cc1. The van der Waals surface area contributed by atoms with E-state index in [2.05, 4.69) is 26.6 Å². The second-order valence-electron chi connectivity index (χ2n) is 10.2. The number of rotatable bonds is 13. The molecule has 1 rings (SSSR count). The lowest BCUT2D eigenvalue weighted by atomic mass is 10.0. The maximum absolute atomic E-state index is 13.2. The van der Waals surface area contributed by atoms with Gasteiger partial charge in [0.25, 0.3) is 0 Å². The Morgan fingerprint density at radius 3 is 2.10 bits per heavy atom. The highest BCUT2D eigenvalue weighted by atomic mass is 16.6. The van der Waals surface area contributed by atoms with Crippen molar-refractivity contribution in [2.75, 3.05) is 18.9 Å². The van der Waals surface area contributed by atoms with E-state index in [-0.39, 0.29) is 18.9 Å². The number of carbonyl (C=O) groups excluding carboxylic acids is 5. The highest BCUT2D eigenvalue weighted by Gasteiger charge is 2.30. The monoisotopic (exact) mass is 550 g/mol. The number of urea groups is 1. The lowest BCUT2D eigenvalue weighted by Crippen LogP contribution is -2.55. The van der Waals surface area contributed by atoms with Crippen molar-refractivity contribution < 1.29 is 33.4 Å². The maximum atomic E-state index is 13.2. The molecule has 2 atom stereocenters. The molecule has 0 radical (unpaired) electrons. The molecule has 0 spiro atoms. The van der Waals surface area contributed by atoms with Crippen LogP contribution in [0.4, 0.5) is 20.1 Å². The Labute approximate surface area is 229 Å². The zero-order valence-electron chi connectivity index (χ0n) is 23.5. The second-order valence-corrected chi connectivity index (χ2v) is 10.2. The molecule has 1 aromatic rings.